The summed E-state index contributed by atoms with van der Waals surface area (Å²) in [5.41, 5.74) is 6.18. The Hall–Kier alpha value is -1.34. The molecule has 0 unspecified atom stereocenters. The fraction of sp³-hybridized carbons (Fsp3) is 0.455. The van der Waals surface area contributed by atoms with Crippen LogP contribution in [0, 0.1) is 0 Å². The van der Waals surface area contributed by atoms with Crippen LogP contribution in [0.2, 0.25) is 12.1 Å². The third-order valence-electron chi connectivity index (χ3n) is 6.20. The van der Waals surface area contributed by atoms with Crippen LogP contribution in [0.5, 0.6) is 0 Å². The summed E-state index contributed by atoms with van der Waals surface area (Å²) < 4.78 is 0. The first-order valence-electron chi connectivity index (χ1n) is 9.32. The topological polar surface area (TPSA) is 0 Å². The molecular formula is C22H28Si. The van der Waals surface area contributed by atoms with E-state index >= 15 is 0 Å². The van der Waals surface area contributed by atoms with Crippen molar-refractivity contribution < 1.29 is 0 Å². The van der Waals surface area contributed by atoms with Crippen molar-refractivity contribution >= 4 is 18.4 Å². The Morgan fingerprint density at radius 3 is 1.52 bits per heavy atom. The van der Waals surface area contributed by atoms with Crippen molar-refractivity contribution in [3.63, 3.8) is 0 Å². The van der Waals surface area contributed by atoms with Crippen molar-refractivity contribution in [3.8, 4) is 11.1 Å². The molecule has 0 atom stereocenters. The molecule has 1 saturated heterocycles. The second-order valence-electron chi connectivity index (χ2n) is 8.21. The van der Waals surface area contributed by atoms with Crippen LogP contribution in [0.25, 0.3) is 11.1 Å². The Morgan fingerprint density at radius 1 is 0.696 bits per heavy atom. The summed E-state index contributed by atoms with van der Waals surface area (Å²) >= 11 is 0. The lowest BCUT2D eigenvalue weighted by Gasteiger charge is -2.25. The molecule has 0 saturated carbocycles. The van der Waals surface area contributed by atoms with Crippen LogP contribution in [-0.4, -0.2) is 8.07 Å². The Labute approximate surface area is 142 Å². The highest BCUT2D eigenvalue weighted by atomic mass is 28.3. The summed E-state index contributed by atoms with van der Waals surface area (Å²) in [6.45, 7) is 9.29. The van der Waals surface area contributed by atoms with Crippen molar-refractivity contribution in [2.45, 2.75) is 64.5 Å². The summed E-state index contributed by atoms with van der Waals surface area (Å²) in [4.78, 5) is 0. The first-order valence-corrected chi connectivity index (χ1v) is 11.7. The van der Waals surface area contributed by atoms with Gasteiger partial charge in [-0.2, -0.15) is 0 Å². The molecule has 0 bridgehead atoms. The minimum absolute atomic E-state index is 0.627. The first-order chi connectivity index (χ1) is 11.0. The van der Waals surface area contributed by atoms with E-state index in [0.717, 1.165) is 0 Å². The van der Waals surface area contributed by atoms with Crippen molar-refractivity contribution in [1.82, 2.24) is 0 Å². The smallest absolute Gasteiger partial charge is 0.0587 e. The quantitative estimate of drug-likeness (QED) is 0.661. The average molecular weight is 321 g/mol. The molecule has 0 amide bonds. The van der Waals surface area contributed by atoms with Gasteiger partial charge in [-0.3, -0.25) is 0 Å². The molecule has 2 aromatic carbocycles. The maximum Gasteiger partial charge on any atom is 0.119 e. The number of fused-ring (bicyclic) bond motifs is 5. The number of hydrogen-bond donors (Lipinski definition) is 0. The molecule has 2 aromatic rings. The molecule has 0 aromatic heterocycles. The van der Waals surface area contributed by atoms with Gasteiger partial charge in [0.25, 0.3) is 0 Å². The van der Waals surface area contributed by atoms with Crippen molar-refractivity contribution in [1.29, 1.82) is 0 Å². The number of benzene rings is 2. The summed E-state index contributed by atoms with van der Waals surface area (Å²) in [6.07, 6.45) is 2.87. The molecule has 0 nitrogen and oxygen atoms in total. The van der Waals surface area contributed by atoms with Gasteiger partial charge in [-0.05, 0) is 56.6 Å². The molecule has 23 heavy (non-hydrogen) atoms. The van der Waals surface area contributed by atoms with Crippen LogP contribution in [-0.2, 0) is 0 Å². The summed E-state index contributed by atoms with van der Waals surface area (Å²) in [6, 6.07) is 17.7. The fourth-order valence-corrected chi connectivity index (χ4v) is 10.4. The molecule has 4 rings (SSSR count). The van der Waals surface area contributed by atoms with Gasteiger partial charge in [0.15, 0.2) is 0 Å². The second kappa shape index (κ2) is 5.34. The van der Waals surface area contributed by atoms with E-state index in [1.165, 1.54) is 36.1 Å². The van der Waals surface area contributed by atoms with Crippen LogP contribution in [0.4, 0.5) is 0 Å². The molecule has 0 aliphatic carbocycles. The van der Waals surface area contributed by atoms with Gasteiger partial charge in [-0.1, -0.05) is 76.9 Å². The predicted molar refractivity (Wildman–Crippen MR) is 104 cm³/mol. The normalized spacial score (nSPS) is 18.0. The lowest BCUT2D eigenvalue weighted by molar-refractivity contribution is 0.868. The van der Waals surface area contributed by atoms with Gasteiger partial charge in [0.2, 0.25) is 0 Å². The van der Waals surface area contributed by atoms with E-state index in [9.17, 15) is 0 Å². The molecule has 1 heteroatoms. The van der Waals surface area contributed by atoms with Gasteiger partial charge in [0.1, 0.15) is 8.07 Å². The SMILES string of the molecule is CC(C)c1ccc2c(c1)[Si]1(CCCC1)c1cc(C(C)C)ccc1-2. The van der Waals surface area contributed by atoms with Crippen LogP contribution < -0.4 is 10.4 Å². The van der Waals surface area contributed by atoms with Crippen molar-refractivity contribution in [2.75, 3.05) is 0 Å². The predicted octanol–water partition coefficient (Wildman–Crippen LogP) is 5.27. The van der Waals surface area contributed by atoms with Gasteiger partial charge in [0, 0.05) is 0 Å². The molecule has 2 aliphatic heterocycles. The minimum Gasteiger partial charge on any atom is -0.0587 e. The zero-order valence-electron chi connectivity index (χ0n) is 14.9. The molecule has 1 fully saturated rings. The van der Waals surface area contributed by atoms with E-state index in [2.05, 4.69) is 64.1 Å². The standard InChI is InChI=1S/C22H28Si/c1-15(2)17-7-9-19-20-10-8-18(16(3)4)14-22(20)23(21(19)13-17)11-5-6-12-23/h7-10,13-16H,5-6,11-12H2,1-4H3. The number of rotatable bonds is 2. The van der Waals surface area contributed by atoms with Gasteiger partial charge < -0.3 is 0 Å². The van der Waals surface area contributed by atoms with E-state index in [-0.39, 0.29) is 0 Å². The lowest BCUT2D eigenvalue weighted by atomic mass is 9.96. The Balaban J connectivity index is 1.96. The third-order valence-corrected chi connectivity index (χ3v) is 11.5. The fourth-order valence-electron chi connectivity index (χ4n) is 4.77. The van der Waals surface area contributed by atoms with E-state index in [0.29, 0.717) is 11.8 Å². The highest BCUT2D eigenvalue weighted by molar-refractivity contribution is 7.06. The monoisotopic (exact) mass is 320 g/mol. The van der Waals surface area contributed by atoms with E-state index in [4.69, 9.17) is 0 Å². The third kappa shape index (κ3) is 2.16. The first kappa shape index (κ1) is 15.2. The molecule has 2 heterocycles. The Morgan fingerprint density at radius 2 is 1.13 bits per heavy atom. The maximum absolute atomic E-state index is 2.59. The molecule has 1 spiro atoms. The highest BCUT2D eigenvalue weighted by Crippen LogP contribution is 2.40. The van der Waals surface area contributed by atoms with Crippen molar-refractivity contribution in [2.24, 2.45) is 0 Å². The van der Waals surface area contributed by atoms with Gasteiger partial charge in [0.05, 0.1) is 0 Å². The Kier molecular flexibility index (Phi) is 3.53. The van der Waals surface area contributed by atoms with E-state index in [1.54, 1.807) is 21.5 Å². The van der Waals surface area contributed by atoms with Crippen molar-refractivity contribution in [3.05, 3.63) is 47.5 Å². The van der Waals surface area contributed by atoms with Crippen LogP contribution >= 0.6 is 0 Å². The van der Waals surface area contributed by atoms with E-state index in [1.807, 2.05) is 0 Å². The maximum atomic E-state index is 2.59. The Bertz CT molecular complexity index is 689. The molecule has 0 radical (unpaired) electrons. The van der Waals surface area contributed by atoms with Gasteiger partial charge in [-0.15, -0.1) is 0 Å². The van der Waals surface area contributed by atoms with Crippen LogP contribution in [0.15, 0.2) is 36.4 Å². The zero-order valence-corrected chi connectivity index (χ0v) is 15.9. The summed E-state index contributed by atoms with van der Waals surface area (Å²) in [5, 5.41) is 3.52. The number of hydrogen-bond acceptors (Lipinski definition) is 0. The molecule has 2 aliphatic rings. The molecular weight excluding hydrogens is 292 g/mol. The van der Waals surface area contributed by atoms with E-state index < -0.39 is 8.07 Å². The molecule has 120 valence electrons. The van der Waals surface area contributed by atoms with Gasteiger partial charge >= 0.3 is 0 Å². The summed E-state index contributed by atoms with van der Waals surface area (Å²) in [7, 11) is -1.46. The summed E-state index contributed by atoms with van der Waals surface area (Å²) in [5.74, 6) is 1.25. The largest absolute Gasteiger partial charge is 0.119 e. The zero-order chi connectivity index (χ0) is 16.2. The van der Waals surface area contributed by atoms with Gasteiger partial charge in [-0.25, -0.2) is 0 Å². The van der Waals surface area contributed by atoms with Crippen LogP contribution in [0.3, 0.4) is 0 Å². The average Bonchev–Trinajstić information content (AvgIpc) is 3.13. The lowest BCUT2D eigenvalue weighted by Crippen LogP contribution is -2.52. The second-order valence-corrected chi connectivity index (χ2v) is 12.5. The van der Waals surface area contributed by atoms with Crippen LogP contribution in [0.1, 0.15) is 63.5 Å². The highest BCUT2D eigenvalue weighted by Gasteiger charge is 2.47. The minimum atomic E-state index is -1.46. The molecule has 0 N–H and O–H groups in total.